The number of benzene rings is 1. The molecular formula is C14H19N3O. The van der Waals surface area contributed by atoms with Crippen LogP contribution in [0.5, 0.6) is 5.75 Å². The first-order chi connectivity index (χ1) is 8.72. The topological polar surface area (TPSA) is 39.1 Å². The van der Waals surface area contributed by atoms with Crippen molar-refractivity contribution >= 4 is 5.69 Å². The van der Waals surface area contributed by atoms with Gasteiger partial charge in [0.2, 0.25) is 0 Å². The van der Waals surface area contributed by atoms with Gasteiger partial charge in [0.1, 0.15) is 12.4 Å². The third-order valence-corrected chi connectivity index (χ3v) is 2.92. The molecule has 0 unspecified atom stereocenters. The van der Waals surface area contributed by atoms with E-state index < -0.39 is 0 Å². The van der Waals surface area contributed by atoms with Crippen molar-refractivity contribution in [3.63, 3.8) is 0 Å². The van der Waals surface area contributed by atoms with Crippen molar-refractivity contribution in [3.05, 3.63) is 41.7 Å². The molecule has 0 bridgehead atoms. The van der Waals surface area contributed by atoms with Gasteiger partial charge in [-0.1, -0.05) is 6.92 Å². The maximum absolute atomic E-state index is 5.74. The zero-order valence-corrected chi connectivity index (χ0v) is 11.1. The molecule has 0 aliphatic heterocycles. The monoisotopic (exact) mass is 245 g/mol. The largest absolute Gasteiger partial charge is 0.487 e. The lowest BCUT2D eigenvalue weighted by Gasteiger charge is -2.07. The highest BCUT2D eigenvalue weighted by Crippen LogP contribution is 2.16. The van der Waals surface area contributed by atoms with Crippen LogP contribution < -0.4 is 10.1 Å². The Morgan fingerprint density at radius 1 is 1.28 bits per heavy atom. The summed E-state index contributed by atoms with van der Waals surface area (Å²) in [7, 11) is 3.85. The summed E-state index contributed by atoms with van der Waals surface area (Å²) >= 11 is 0. The van der Waals surface area contributed by atoms with Crippen LogP contribution in [0.2, 0.25) is 0 Å². The molecule has 1 N–H and O–H groups in total. The van der Waals surface area contributed by atoms with Gasteiger partial charge in [-0.25, -0.2) is 0 Å². The summed E-state index contributed by atoms with van der Waals surface area (Å²) in [5, 5.41) is 7.47. The van der Waals surface area contributed by atoms with E-state index in [-0.39, 0.29) is 0 Å². The Labute approximate surface area is 108 Å². The van der Waals surface area contributed by atoms with E-state index in [2.05, 4.69) is 23.4 Å². The van der Waals surface area contributed by atoms with Gasteiger partial charge in [0.15, 0.2) is 0 Å². The standard InChI is InChI=1S/C14H19N3O/c1-4-11-9-13(17(3)16-11)10-18-14-7-5-12(15-2)6-8-14/h5-9,15H,4,10H2,1-3H3. The number of nitrogens with zero attached hydrogens (tertiary/aromatic N) is 2. The molecule has 0 radical (unpaired) electrons. The van der Waals surface area contributed by atoms with E-state index in [1.165, 1.54) is 0 Å². The van der Waals surface area contributed by atoms with Crippen LogP contribution in [0.1, 0.15) is 18.3 Å². The van der Waals surface area contributed by atoms with Gasteiger partial charge in [-0.3, -0.25) is 4.68 Å². The smallest absolute Gasteiger partial charge is 0.130 e. The molecule has 18 heavy (non-hydrogen) atoms. The minimum absolute atomic E-state index is 0.544. The summed E-state index contributed by atoms with van der Waals surface area (Å²) in [6.07, 6.45) is 0.949. The number of hydrogen-bond donors (Lipinski definition) is 1. The van der Waals surface area contributed by atoms with Crippen LogP contribution in [0.4, 0.5) is 5.69 Å². The molecule has 0 amide bonds. The summed E-state index contributed by atoms with van der Waals surface area (Å²) in [6.45, 7) is 2.64. The molecule has 0 saturated heterocycles. The van der Waals surface area contributed by atoms with Crippen LogP contribution in [-0.2, 0) is 20.1 Å². The zero-order valence-electron chi connectivity index (χ0n) is 11.1. The van der Waals surface area contributed by atoms with Gasteiger partial charge < -0.3 is 10.1 Å². The van der Waals surface area contributed by atoms with E-state index in [1.54, 1.807) is 0 Å². The molecule has 0 aliphatic rings. The van der Waals surface area contributed by atoms with Crippen molar-refractivity contribution in [2.75, 3.05) is 12.4 Å². The van der Waals surface area contributed by atoms with Crippen molar-refractivity contribution in [2.24, 2.45) is 7.05 Å². The second kappa shape index (κ2) is 5.58. The molecule has 0 spiro atoms. The number of anilines is 1. The zero-order chi connectivity index (χ0) is 13.0. The molecular weight excluding hydrogens is 226 g/mol. The molecule has 0 atom stereocenters. The lowest BCUT2D eigenvalue weighted by atomic mass is 10.3. The maximum atomic E-state index is 5.74. The lowest BCUT2D eigenvalue weighted by Crippen LogP contribution is -2.03. The first-order valence-electron chi connectivity index (χ1n) is 6.15. The molecule has 0 fully saturated rings. The summed E-state index contributed by atoms with van der Waals surface area (Å²) in [6, 6.07) is 10.00. The lowest BCUT2D eigenvalue weighted by molar-refractivity contribution is 0.295. The van der Waals surface area contributed by atoms with E-state index >= 15 is 0 Å². The molecule has 1 heterocycles. The molecule has 2 aromatic rings. The number of ether oxygens (including phenoxy) is 1. The highest BCUT2D eigenvalue weighted by atomic mass is 16.5. The van der Waals surface area contributed by atoms with Crippen LogP contribution in [-0.4, -0.2) is 16.8 Å². The van der Waals surface area contributed by atoms with Gasteiger partial charge in [0.05, 0.1) is 11.4 Å². The van der Waals surface area contributed by atoms with E-state index in [0.717, 1.165) is 29.2 Å². The minimum atomic E-state index is 0.544. The van der Waals surface area contributed by atoms with Crippen molar-refractivity contribution in [2.45, 2.75) is 20.0 Å². The van der Waals surface area contributed by atoms with Crippen LogP contribution >= 0.6 is 0 Å². The Morgan fingerprint density at radius 2 is 2.00 bits per heavy atom. The number of hydrogen-bond acceptors (Lipinski definition) is 3. The van der Waals surface area contributed by atoms with E-state index in [4.69, 9.17) is 4.74 Å². The van der Waals surface area contributed by atoms with Crippen LogP contribution in [0.25, 0.3) is 0 Å². The summed E-state index contributed by atoms with van der Waals surface area (Å²) in [4.78, 5) is 0. The third-order valence-electron chi connectivity index (χ3n) is 2.92. The molecule has 96 valence electrons. The van der Waals surface area contributed by atoms with E-state index in [9.17, 15) is 0 Å². The fraction of sp³-hybridized carbons (Fsp3) is 0.357. The molecule has 1 aromatic carbocycles. The molecule has 4 nitrogen and oxygen atoms in total. The van der Waals surface area contributed by atoms with Gasteiger partial charge in [0.25, 0.3) is 0 Å². The molecule has 1 aromatic heterocycles. The first kappa shape index (κ1) is 12.5. The van der Waals surface area contributed by atoms with Gasteiger partial charge in [-0.2, -0.15) is 5.10 Å². The Balaban J connectivity index is 1.99. The maximum Gasteiger partial charge on any atom is 0.130 e. The quantitative estimate of drug-likeness (QED) is 0.880. The van der Waals surface area contributed by atoms with Crippen molar-refractivity contribution in [1.29, 1.82) is 0 Å². The van der Waals surface area contributed by atoms with Crippen molar-refractivity contribution in [1.82, 2.24) is 9.78 Å². The average Bonchev–Trinajstić information content (AvgIpc) is 2.77. The Hall–Kier alpha value is -1.97. The summed E-state index contributed by atoms with van der Waals surface area (Å²) in [5.41, 5.74) is 3.27. The number of nitrogens with one attached hydrogen (secondary N) is 1. The SMILES string of the molecule is CCc1cc(COc2ccc(NC)cc2)n(C)n1. The molecule has 4 heteroatoms. The minimum Gasteiger partial charge on any atom is -0.487 e. The number of aryl methyl sites for hydroxylation is 2. The number of rotatable bonds is 5. The number of aromatic nitrogens is 2. The van der Waals surface area contributed by atoms with E-state index in [1.807, 2.05) is 43.0 Å². The van der Waals surface area contributed by atoms with Crippen molar-refractivity contribution in [3.8, 4) is 5.75 Å². The van der Waals surface area contributed by atoms with E-state index in [0.29, 0.717) is 6.61 Å². The normalized spacial score (nSPS) is 10.4. The molecule has 2 rings (SSSR count). The second-order valence-corrected chi connectivity index (χ2v) is 4.17. The Kier molecular flexibility index (Phi) is 3.87. The average molecular weight is 245 g/mol. The Morgan fingerprint density at radius 3 is 2.56 bits per heavy atom. The summed E-state index contributed by atoms with van der Waals surface area (Å²) in [5.74, 6) is 0.869. The fourth-order valence-electron chi connectivity index (χ4n) is 1.75. The van der Waals surface area contributed by atoms with Crippen LogP contribution in [0, 0.1) is 0 Å². The predicted molar refractivity (Wildman–Crippen MR) is 72.9 cm³/mol. The first-order valence-corrected chi connectivity index (χ1v) is 6.15. The van der Waals surface area contributed by atoms with Gasteiger partial charge in [0, 0.05) is 19.8 Å². The highest BCUT2D eigenvalue weighted by Gasteiger charge is 2.04. The highest BCUT2D eigenvalue weighted by molar-refractivity contribution is 5.45. The predicted octanol–water partition coefficient (Wildman–Crippen LogP) is 2.60. The Bertz CT molecular complexity index is 502. The van der Waals surface area contributed by atoms with Gasteiger partial charge in [-0.05, 0) is 36.8 Å². The van der Waals surface area contributed by atoms with Crippen LogP contribution in [0.15, 0.2) is 30.3 Å². The van der Waals surface area contributed by atoms with Crippen LogP contribution in [0.3, 0.4) is 0 Å². The summed E-state index contributed by atoms with van der Waals surface area (Å²) < 4.78 is 7.62. The van der Waals surface area contributed by atoms with Gasteiger partial charge >= 0.3 is 0 Å². The fourth-order valence-corrected chi connectivity index (χ4v) is 1.75. The second-order valence-electron chi connectivity index (χ2n) is 4.17. The third kappa shape index (κ3) is 2.83. The van der Waals surface area contributed by atoms with Gasteiger partial charge in [-0.15, -0.1) is 0 Å². The van der Waals surface area contributed by atoms with Crippen molar-refractivity contribution < 1.29 is 4.74 Å². The molecule has 0 saturated carbocycles. The molecule has 0 aliphatic carbocycles.